The minimum Gasteiger partial charge on any atom is -0.399 e. The van der Waals surface area contributed by atoms with E-state index in [-0.39, 0.29) is 18.7 Å². The van der Waals surface area contributed by atoms with Crippen molar-refractivity contribution in [3.8, 4) is 0 Å². The molecular weight excluding hydrogens is 281 g/mol. The maximum atomic E-state index is 11.7. The van der Waals surface area contributed by atoms with Gasteiger partial charge in [-0.2, -0.15) is 0 Å². The van der Waals surface area contributed by atoms with E-state index in [0.717, 1.165) is 11.7 Å². The van der Waals surface area contributed by atoms with Crippen LogP contribution in [0.15, 0.2) is 24.3 Å². The molecule has 1 N–H and O–H groups in total. The van der Waals surface area contributed by atoms with Gasteiger partial charge in [-0.25, -0.2) is 0 Å². The zero-order chi connectivity index (χ0) is 16.4. The molecule has 0 unspecified atom stereocenters. The fraction of sp³-hybridized carbons (Fsp3) is 0.500. The summed E-state index contributed by atoms with van der Waals surface area (Å²) in [6, 6.07) is 7.38. The molecule has 6 heteroatoms. The molecule has 0 aromatic heterocycles. The van der Waals surface area contributed by atoms with Gasteiger partial charge < -0.3 is 19.4 Å². The lowest BCUT2D eigenvalue weighted by atomic mass is 9.79. The Morgan fingerprint density at radius 1 is 1.23 bits per heavy atom. The van der Waals surface area contributed by atoms with Crippen molar-refractivity contribution in [2.75, 3.05) is 5.32 Å². The minimum absolute atomic E-state index is 0.182. The SMILES string of the molecule is CC1(C)OB(c2cccc(NC(=O)CCC=O)c2)OC1(C)C. The lowest BCUT2D eigenvalue weighted by Gasteiger charge is -2.32. The van der Waals surface area contributed by atoms with Crippen molar-refractivity contribution in [1.82, 2.24) is 0 Å². The van der Waals surface area contributed by atoms with Crippen molar-refractivity contribution < 1.29 is 18.9 Å². The fourth-order valence-corrected chi connectivity index (χ4v) is 2.16. The van der Waals surface area contributed by atoms with Crippen molar-refractivity contribution in [3.05, 3.63) is 24.3 Å². The Morgan fingerprint density at radius 3 is 2.45 bits per heavy atom. The van der Waals surface area contributed by atoms with Crippen LogP contribution in [0.3, 0.4) is 0 Å². The second kappa shape index (κ2) is 6.22. The lowest BCUT2D eigenvalue weighted by Crippen LogP contribution is -2.41. The number of hydrogen-bond acceptors (Lipinski definition) is 4. The zero-order valence-corrected chi connectivity index (χ0v) is 13.5. The third-order valence-corrected chi connectivity index (χ3v) is 4.19. The molecule has 118 valence electrons. The van der Waals surface area contributed by atoms with Gasteiger partial charge in [-0.1, -0.05) is 12.1 Å². The number of aldehydes is 1. The van der Waals surface area contributed by atoms with E-state index in [2.05, 4.69) is 5.32 Å². The number of rotatable bonds is 5. The number of anilines is 1. The van der Waals surface area contributed by atoms with Crippen LogP contribution in [0.25, 0.3) is 0 Å². The first kappa shape index (κ1) is 16.7. The van der Waals surface area contributed by atoms with E-state index in [9.17, 15) is 9.59 Å². The summed E-state index contributed by atoms with van der Waals surface area (Å²) >= 11 is 0. The molecular formula is C16H22BNO4. The molecule has 1 aromatic carbocycles. The smallest absolute Gasteiger partial charge is 0.399 e. The molecule has 22 heavy (non-hydrogen) atoms. The fourth-order valence-electron chi connectivity index (χ4n) is 2.16. The monoisotopic (exact) mass is 303 g/mol. The van der Waals surface area contributed by atoms with Gasteiger partial charge in [0.25, 0.3) is 0 Å². The highest BCUT2D eigenvalue weighted by Crippen LogP contribution is 2.36. The van der Waals surface area contributed by atoms with E-state index >= 15 is 0 Å². The van der Waals surface area contributed by atoms with Crippen molar-refractivity contribution in [2.45, 2.75) is 51.7 Å². The van der Waals surface area contributed by atoms with Crippen LogP contribution in [-0.4, -0.2) is 30.5 Å². The summed E-state index contributed by atoms with van der Waals surface area (Å²) in [6.45, 7) is 7.99. The summed E-state index contributed by atoms with van der Waals surface area (Å²) in [4.78, 5) is 22.0. The Labute approximate surface area is 131 Å². The van der Waals surface area contributed by atoms with Crippen LogP contribution < -0.4 is 10.8 Å². The predicted molar refractivity (Wildman–Crippen MR) is 86.1 cm³/mol. The average Bonchev–Trinajstić information content (AvgIpc) is 2.65. The maximum absolute atomic E-state index is 11.7. The number of benzene rings is 1. The van der Waals surface area contributed by atoms with E-state index in [1.165, 1.54) is 0 Å². The molecule has 1 amide bonds. The van der Waals surface area contributed by atoms with Gasteiger partial charge in [-0.15, -0.1) is 0 Å². The first-order valence-electron chi connectivity index (χ1n) is 7.44. The van der Waals surface area contributed by atoms with Crippen LogP contribution >= 0.6 is 0 Å². The van der Waals surface area contributed by atoms with Crippen molar-refractivity contribution in [2.24, 2.45) is 0 Å². The largest absolute Gasteiger partial charge is 0.494 e. The van der Waals surface area contributed by atoms with E-state index in [4.69, 9.17) is 9.31 Å². The van der Waals surface area contributed by atoms with Gasteiger partial charge in [0.05, 0.1) is 11.2 Å². The van der Waals surface area contributed by atoms with E-state index in [1.54, 1.807) is 6.07 Å². The van der Waals surface area contributed by atoms with E-state index in [0.29, 0.717) is 5.69 Å². The highest BCUT2D eigenvalue weighted by molar-refractivity contribution is 6.62. The van der Waals surface area contributed by atoms with Gasteiger partial charge in [0, 0.05) is 18.5 Å². The number of amides is 1. The molecule has 0 saturated carbocycles. The third-order valence-electron chi connectivity index (χ3n) is 4.19. The van der Waals surface area contributed by atoms with Crippen molar-refractivity contribution in [3.63, 3.8) is 0 Å². The molecule has 0 radical (unpaired) electrons. The van der Waals surface area contributed by atoms with Gasteiger partial charge >= 0.3 is 7.12 Å². The number of hydrogen-bond donors (Lipinski definition) is 1. The third kappa shape index (κ3) is 3.57. The van der Waals surface area contributed by atoms with Crippen LogP contribution in [0.1, 0.15) is 40.5 Å². The van der Waals surface area contributed by atoms with Crippen molar-refractivity contribution >= 4 is 30.5 Å². The lowest BCUT2D eigenvalue weighted by molar-refractivity contribution is -0.118. The minimum atomic E-state index is -0.461. The van der Waals surface area contributed by atoms with Crippen LogP contribution in [-0.2, 0) is 18.9 Å². The molecule has 1 fully saturated rings. The van der Waals surface area contributed by atoms with Gasteiger partial charge in [0.1, 0.15) is 6.29 Å². The van der Waals surface area contributed by atoms with Gasteiger partial charge in [-0.05, 0) is 45.3 Å². The summed E-state index contributed by atoms with van der Waals surface area (Å²) in [5, 5.41) is 2.77. The zero-order valence-electron chi connectivity index (χ0n) is 13.5. The summed E-state index contributed by atoms with van der Waals surface area (Å²) in [6.07, 6.45) is 1.15. The molecule has 2 rings (SSSR count). The highest BCUT2D eigenvalue weighted by Gasteiger charge is 2.51. The molecule has 1 saturated heterocycles. The molecule has 0 spiro atoms. The number of carbonyl (C=O) groups is 2. The summed E-state index contributed by atoms with van der Waals surface area (Å²) in [7, 11) is -0.461. The maximum Gasteiger partial charge on any atom is 0.494 e. The molecule has 1 aliphatic rings. The Bertz CT molecular complexity index is 555. The van der Waals surface area contributed by atoms with Gasteiger partial charge in [0.2, 0.25) is 5.91 Å². The molecule has 0 bridgehead atoms. The topological polar surface area (TPSA) is 64.6 Å². The Balaban J connectivity index is 2.09. The average molecular weight is 303 g/mol. The molecule has 1 aliphatic heterocycles. The Morgan fingerprint density at radius 2 is 1.86 bits per heavy atom. The highest BCUT2D eigenvalue weighted by atomic mass is 16.7. The molecule has 0 atom stereocenters. The summed E-state index contributed by atoms with van der Waals surface area (Å²) in [5.41, 5.74) is 0.719. The Hall–Kier alpha value is -1.66. The summed E-state index contributed by atoms with van der Waals surface area (Å²) in [5.74, 6) is -0.182. The standard InChI is InChI=1S/C16H22BNO4/c1-15(2)16(3,4)22-17(21-15)12-7-5-8-13(11-12)18-14(20)9-6-10-19/h5,7-8,10-11H,6,9H2,1-4H3,(H,18,20). The summed E-state index contributed by atoms with van der Waals surface area (Å²) < 4.78 is 12.0. The van der Waals surface area contributed by atoms with Crippen LogP contribution in [0.2, 0.25) is 0 Å². The first-order chi connectivity index (χ1) is 10.2. The Kier molecular flexibility index (Phi) is 4.73. The van der Waals surface area contributed by atoms with E-state index < -0.39 is 18.3 Å². The predicted octanol–water partition coefficient (Wildman–Crippen LogP) is 1.90. The van der Waals surface area contributed by atoms with Crippen LogP contribution in [0.5, 0.6) is 0 Å². The van der Waals surface area contributed by atoms with E-state index in [1.807, 2.05) is 45.9 Å². The second-order valence-corrected chi connectivity index (χ2v) is 6.47. The van der Waals surface area contributed by atoms with Gasteiger partial charge in [0.15, 0.2) is 0 Å². The number of carbonyl (C=O) groups excluding carboxylic acids is 2. The van der Waals surface area contributed by atoms with Crippen LogP contribution in [0.4, 0.5) is 5.69 Å². The molecule has 0 aliphatic carbocycles. The van der Waals surface area contributed by atoms with Gasteiger partial charge in [-0.3, -0.25) is 4.79 Å². The number of nitrogens with one attached hydrogen (secondary N) is 1. The molecule has 1 heterocycles. The first-order valence-corrected chi connectivity index (χ1v) is 7.44. The second-order valence-electron chi connectivity index (χ2n) is 6.47. The van der Waals surface area contributed by atoms with Crippen molar-refractivity contribution in [1.29, 1.82) is 0 Å². The quantitative estimate of drug-likeness (QED) is 0.666. The normalized spacial score (nSPS) is 19.0. The molecule has 5 nitrogen and oxygen atoms in total. The van der Waals surface area contributed by atoms with Crippen LogP contribution in [0, 0.1) is 0 Å². The molecule has 1 aromatic rings.